The van der Waals surface area contributed by atoms with Gasteiger partial charge in [-0.1, -0.05) is 18.7 Å². The van der Waals surface area contributed by atoms with Crippen molar-refractivity contribution in [3.8, 4) is 28.3 Å². The van der Waals surface area contributed by atoms with Crippen LogP contribution in [0.5, 0.6) is 5.88 Å². The first-order valence-electron chi connectivity index (χ1n) is 12.3. The lowest BCUT2D eigenvalue weighted by atomic mass is 10.00. The van der Waals surface area contributed by atoms with Gasteiger partial charge in [0.2, 0.25) is 5.88 Å². The topological polar surface area (TPSA) is 111 Å². The van der Waals surface area contributed by atoms with Gasteiger partial charge >= 0.3 is 0 Å². The second-order valence-electron chi connectivity index (χ2n) is 9.56. The zero-order chi connectivity index (χ0) is 26.1. The van der Waals surface area contributed by atoms with Gasteiger partial charge in [-0.05, 0) is 50.6 Å². The molecular formula is C28H31N7O2. The highest BCUT2D eigenvalue weighted by Crippen LogP contribution is 2.41. The Morgan fingerprint density at radius 2 is 1.76 bits per heavy atom. The van der Waals surface area contributed by atoms with Crippen LogP contribution in [-0.4, -0.2) is 56.6 Å². The van der Waals surface area contributed by atoms with Gasteiger partial charge in [0.1, 0.15) is 23.9 Å². The maximum absolute atomic E-state index is 12.0. The summed E-state index contributed by atoms with van der Waals surface area (Å²) in [6.45, 7) is 7.42. The largest absolute Gasteiger partial charge is 0.474 e. The minimum Gasteiger partial charge on any atom is -0.474 e. The number of piperidine rings is 1. The number of aryl methyl sites for hydroxylation is 1. The summed E-state index contributed by atoms with van der Waals surface area (Å²) >= 11 is 0. The Morgan fingerprint density at radius 3 is 2.41 bits per heavy atom. The predicted octanol–water partition coefficient (Wildman–Crippen LogP) is 4.27. The van der Waals surface area contributed by atoms with Gasteiger partial charge < -0.3 is 25.3 Å². The third kappa shape index (κ3) is 4.90. The maximum atomic E-state index is 12.0. The molecular weight excluding hydrogens is 466 g/mol. The third-order valence-electron chi connectivity index (χ3n) is 6.78. The van der Waals surface area contributed by atoms with Crippen LogP contribution in [0, 0.1) is 0 Å². The van der Waals surface area contributed by atoms with E-state index in [0.29, 0.717) is 23.0 Å². The minimum atomic E-state index is -0.213. The Hall–Kier alpha value is -4.24. The quantitative estimate of drug-likeness (QED) is 0.383. The van der Waals surface area contributed by atoms with Crippen molar-refractivity contribution in [2.24, 2.45) is 7.05 Å². The third-order valence-corrected chi connectivity index (χ3v) is 6.78. The number of amides is 1. The van der Waals surface area contributed by atoms with Gasteiger partial charge in [-0.3, -0.25) is 4.79 Å². The zero-order valence-corrected chi connectivity index (χ0v) is 21.4. The fourth-order valence-electron chi connectivity index (χ4n) is 4.72. The number of hydrogen-bond donors (Lipinski definition) is 2. The molecule has 9 nitrogen and oxygen atoms in total. The Bertz CT molecular complexity index is 1450. The number of ether oxygens (including phenoxy) is 1. The van der Waals surface area contributed by atoms with Crippen LogP contribution in [0.2, 0.25) is 0 Å². The molecule has 9 heteroatoms. The van der Waals surface area contributed by atoms with E-state index in [2.05, 4.69) is 38.8 Å². The molecule has 0 unspecified atom stereocenters. The monoisotopic (exact) mass is 497 g/mol. The highest BCUT2D eigenvalue weighted by Gasteiger charge is 2.23. The molecule has 0 aliphatic carbocycles. The molecule has 190 valence electrons. The number of nitrogens with zero attached hydrogens (tertiary/aromatic N) is 5. The summed E-state index contributed by atoms with van der Waals surface area (Å²) in [7, 11) is 4.08. The molecule has 0 spiro atoms. The number of carbonyl (C=O) groups excluding carboxylic acids is 1. The molecule has 1 saturated heterocycles. The highest BCUT2D eigenvalue weighted by atomic mass is 16.5. The molecule has 1 aliphatic heterocycles. The van der Waals surface area contributed by atoms with Crippen molar-refractivity contribution < 1.29 is 9.53 Å². The average Bonchev–Trinajstić information content (AvgIpc) is 3.20. The van der Waals surface area contributed by atoms with Crippen molar-refractivity contribution in [3.63, 3.8) is 0 Å². The van der Waals surface area contributed by atoms with Crippen molar-refractivity contribution in [3.05, 3.63) is 61.1 Å². The molecule has 3 N–H and O–H groups in total. The normalized spacial score (nSPS) is 14.6. The van der Waals surface area contributed by atoms with Gasteiger partial charge in [-0.25, -0.2) is 15.0 Å². The van der Waals surface area contributed by atoms with E-state index in [-0.39, 0.29) is 12.0 Å². The van der Waals surface area contributed by atoms with Crippen LogP contribution in [0.1, 0.15) is 19.8 Å². The molecule has 5 rings (SSSR count). The van der Waals surface area contributed by atoms with Crippen molar-refractivity contribution in [1.82, 2.24) is 24.4 Å². The molecule has 3 aromatic heterocycles. The lowest BCUT2D eigenvalue weighted by Gasteiger charge is -2.28. The first-order chi connectivity index (χ1) is 17.8. The van der Waals surface area contributed by atoms with Crippen LogP contribution in [0.15, 0.2) is 61.1 Å². The number of benzene rings is 1. The Morgan fingerprint density at radius 1 is 1.05 bits per heavy atom. The number of likely N-dealkylation sites (tertiary alicyclic amines) is 1. The van der Waals surface area contributed by atoms with Crippen molar-refractivity contribution in [2.75, 3.05) is 31.2 Å². The molecule has 4 heterocycles. The fraction of sp³-hybridized carbons (Fsp3) is 0.286. The number of aromatic nitrogens is 4. The molecule has 37 heavy (non-hydrogen) atoms. The first-order valence-corrected chi connectivity index (χ1v) is 12.3. The molecule has 1 aromatic carbocycles. The molecule has 4 aromatic rings. The second-order valence-corrected chi connectivity index (χ2v) is 9.56. The molecule has 1 fully saturated rings. The number of fused-ring (bicyclic) bond motifs is 1. The van der Waals surface area contributed by atoms with Crippen LogP contribution in [-0.2, 0) is 11.8 Å². The van der Waals surface area contributed by atoms with E-state index in [1.807, 2.05) is 54.2 Å². The van der Waals surface area contributed by atoms with Crippen molar-refractivity contribution in [2.45, 2.75) is 25.9 Å². The maximum Gasteiger partial charge on any atom is 0.250 e. The van der Waals surface area contributed by atoms with Gasteiger partial charge in [0, 0.05) is 54.8 Å². The van der Waals surface area contributed by atoms with E-state index >= 15 is 0 Å². The number of rotatable bonds is 6. The van der Waals surface area contributed by atoms with E-state index in [1.165, 1.54) is 6.33 Å². The van der Waals surface area contributed by atoms with Gasteiger partial charge in [-0.15, -0.1) is 0 Å². The Balaban J connectivity index is 1.52. The summed E-state index contributed by atoms with van der Waals surface area (Å²) in [5.74, 6) is 0.801. The van der Waals surface area contributed by atoms with E-state index in [1.54, 1.807) is 6.92 Å². The lowest BCUT2D eigenvalue weighted by molar-refractivity contribution is -0.112. The summed E-state index contributed by atoms with van der Waals surface area (Å²) < 4.78 is 8.16. The number of pyridine rings is 1. The summed E-state index contributed by atoms with van der Waals surface area (Å²) in [5, 5.41) is 3.61. The molecule has 1 aliphatic rings. The van der Waals surface area contributed by atoms with Crippen LogP contribution in [0.3, 0.4) is 0 Å². The zero-order valence-electron chi connectivity index (χ0n) is 21.4. The van der Waals surface area contributed by atoms with Gasteiger partial charge in [-0.2, -0.15) is 0 Å². The Kier molecular flexibility index (Phi) is 6.62. The SMILES string of the molecule is C=C(C)C(=O)Nc1ccc(-c2c(-c3ccc(OC4CCN(C)CC4)nc3)c3c(N)ncnc3n2C)cc1. The standard InChI is InChI=1S/C28H31N7O2/c1-17(2)28(36)33-20-8-5-18(6-9-20)25-23(24-26(29)31-16-32-27(24)35(25)4)19-7-10-22(30-15-19)37-21-11-13-34(3)14-12-21/h5-10,15-16,21H,1,11-14H2,2-4H3,(H,33,36)(H2,29,31,32). The number of nitrogen functional groups attached to an aromatic ring is 1. The molecule has 0 bridgehead atoms. The van der Waals surface area contributed by atoms with E-state index < -0.39 is 0 Å². The fourth-order valence-corrected chi connectivity index (χ4v) is 4.72. The molecule has 1 amide bonds. The minimum absolute atomic E-state index is 0.176. The number of hydrogen-bond acceptors (Lipinski definition) is 7. The Labute approximate surface area is 216 Å². The number of anilines is 2. The molecule has 0 atom stereocenters. The smallest absolute Gasteiger partial charge is 0.250 e. The van der Waals surface area contributed by atoms with Gasteiger partial charge in [0.05, 0.1) is 11.1 Å². The van der Waals surface area contributed by atoms with Crippen LogP contribution >= 0.6 is 0 Å². The van der Waals surface area contributed by atoms with Crippen molar-refractivity contribution >= 4 is 28.4 Å². The summed E-state index contributed by atoms with van der Waals surface area (Å²) in [4.78, 5) is 27.7. The summed E-state index contributed by atoms with van der Waals surface area (Å²) in [6, 6.07) is 11.6. The van der Waals surface area contributed by atoms with E-state index in [0.717, 1.165) is 59.3 Å². The molecule has 0 radical (unpaired) electrons. The number of carbonyl (C=O) groups is 1. The summed E-state index contributed by atoms with van der Waals surface area (Å²) in [6.07, 6.45) is 5.44. The van der Waals surface area contributed by atoms with Gasteiger partial charge in [0.15, 0.2) is 0 Å². The second kappa shape index (κ2) is 10.0. The lowest BCUT2D eigenvalue weighted by Crippen LogP contribution is -2.35. The number of nitrogens with one attached hydrogen (secondary N) is 1. The summed E-state index contributed by atoms with van der Waals surface area (Å²) in [5.41, 5.74) is 11.9. The van der Waals surface area contributed by atoms with Crippen molar-refractivity contribution in [1.29, 1.82) is 0 Å². The van der Waals surface area contributed by atoms with Crippen LogP contribution in [0.4, 0.5) is 11.5 Å². The van der Waals surface area contributed by atoms with E-state index in [4.69, 9.17) is 10.5 Å². The number of nitrogens with two attached hydrogens (primary N) is 1. The van der Waals surface area contributed by atoms with E-state index in [9.17, 15) is 4.79 Å². The average molecular weight is 498 g/mol. The van der Waals surface area contributed by atoms with Crippen LogP contribution < -0.4 is 15.8 Å². The highest BCUT2D eigenvalue weighted by molar-refractivity contribution is 6.08. The first kappa shape index (κ1) is 24.5. The van der Waals surface area contributed by atoms with Crippen LogP contribution in [0.25, 0.3) is 33.4 Å². The van der Waals surface area contributed by atoms with Gasteiger partial charge in [0.25, 0.3) is 5.91 Å². The predicted molar refractivity (Wildman–Crippen MR) is 146 cm³/mol. The molecule has 0 saturated carbocycles.